The summed E-state index contributed by atoms with van der Waals surface area (Å²) < 4.78 is 45.0. The van der Waals surface area contributed by atoms with E-state index in [-0.39, 0.29) is 29.2 Å². The van der Waals surface area contributed by atoms with Crippen LogP contribution < -0.4 is 4.74 Å². The van der Waals surface area contributed by atoms with Crippen molar-refractivity contribution in [1.82, 2.24) is 15.1 Å². The molecule has 1 aliphatic rings. The Labute approximate surface area is 213 Å². The first-order valence-corrected chi connectivity index (χ1v) is 12.3. The fraction of sp³-hybridized carbons (Fsp3) is 0.370. The number of benzene rings is 2. The van der Waals surface area contributed by atoms with Gasteiger partial charge in [0.1, 0.15) is 23.7 Å². The summed E-state index contributed by atoms with van der Waals surface area (Å²) in [6.45, 7) is 3.41. The molecular formula is C27H27ClF3N3O2. The summed E-state index contributed by atoms with van der Waals surface area (Å²) >= 11 is 5.94. The minimum Gasteiger partial charge on any atom is -0.506 e. The molecule has 0 saturated carbocycles. The first-order valence-electron chi connectivity index (χ1n) is 11.9. The summed E-state index contributed by atoms with van der Waals surface area (Å²) in [7, 11) is 0. The van der Waals surface area contributed by atoms with Gasteiger partial charge in [0.05, 0.1) is 5.69 Å². The number of unbranched alkanes of at least 4 members (excludes halogenated alkanes) is 1. The van der Waals surface area contributed by atoms with Gasteiger partial charge in [-0.15, -0.1) is 0 Å². The number of ether oxygens (including phenoxy) is 1. The molecule has 0 spiro atoms. The van der Waals surface area contributed by atoms with Crippen LogP contribution >= 0.6 is 11.6 Å². The van der Waals surface area contributed by atoms with Crippen LogP contribution in [0, 0.1) is 11.8 Å². The Morgan fingerprint density at radius 1 is 1.08 bits per heavy atom. The molecule has 2 heterocycles. The molecular weight excluding hydrogens is 491 g/mol. The number of hydrogen-bond acceptors (Lipinski definition) is 4. The lowest BCUT2D eigenvalue weighted by atomic mass is 10.0. The third-order valence-electron chi connectivity index (χ3n) is 6.04. The lowest BCUT2D eigenvalue weighted by molar-refractivity contribution is -0.141. The van der Waals surface area contributed by atoms with Gasteiger partial charge in [0, 0.05) is 17.0 Å². The van der Waals surface area contributed by atoms with E-state index >= 15 is 0 Å². The van der Waals surface area contributed by atoms with Crippen LogP contribution in [0.2, 0.25) is 5.02 Å². The number of likely N-dealkylation sites (tertiary alicyclic amines) is 1. The largest absolute Gasteiger partial charge is 0.506 e. The summed E-state index contributed by atoms with van der Waals surface area (Å²) in [5, 5.41) is 17.3. The molecule has 36 heavy (non-hydrogen) atoms. The van der Waals surface area contributed by atoms with Gasteiger partial charge < -0.3 is 14.7 Å². The number of phenolic OH excluding ortho intramolecular Hbond substituents is 1. The highest BCUT2D eigenvalue weighted by Crippen LogP contribution is 2.38. The molecule has 0 radical (unpaired) electrons. The summed E-state index contributed by atoms with van der Waals surface area (Å²) in [5.41, 5.74) is 0.228. The maximum absolute atomic E-state index is 13.0. The molecule has 0 aliphatic carbocycles. The number of alkyl halides is 3. The minimum atomic E-state index is -4.59. The van der Waals surface area contributed by atoms with Crippen LogP contribution in [-0.4, -0.2) is 39.8 Å². The Balaban J connectivity index is 1.55. The Morgan fingerprint density at radius 2 is 1.83 bits per heavy atom. The van der Waals surface area contributed by atoms with Crippen molar-refractivity contribution in [2.45, 2.75) is 44.9 Å². The Morgan fingerprint density at radius 3 is 2.53 bits per heavy atom. The average Bonchev–Trinajstić information content (AvgIpc) is 3.36. The maximum Gasteiger partial charge on any atom is 0.435 e. The average molecular weight is 518 g/mol. The monoisotopic (exact) mass is 517 g/mol. The van der Waals surface area contributed by atoms with Gasteiger partial charge >= 0.3 is 6.18 Å². The first-order chi connectivity index (χ1) is 17.3. The predicted octanol–water partition coefficient (Wildman–Crippen LogP) is 6.65. The van der Waals surface area contributed by atoms with E-state index in [1.54, 1.807) is 18.2 Å². The number of hydrogen-bond donors (Lipinski definition) is 2. The molecule has 1 aliphatic heterocycles. The molecule has 9 heteroatoms. The molecule has 3 aromatic rings. The first kappa shape index (κ1) is 25.9. The fourth-order valence-corrected chi connectivity index (χ4v) is 4.23. The molecule has 2 N–H and O–H groups in total. The molecule has 0 unspecified atom stereocenters. The summed E-state index contributed by atoms with van der Waals surface area (Å²) in [4.78, 5) is 2.43. The number of aromatic hydroxyl groups is 1. The highest BCUT2D eigenvalue weighted by Gasteiger charge is 2.34. The van der Waals surface area contributed by atoms with Gasteiger partial charge in [-0.1, -0.05) is 42.0 Å². The van der Waals surface area contributed by atoms with Crippen LogP contribution in [0.3, 0.4) is 0 Å². The van der Waals surface area contributed by atoms with Crippen molar-refractivity contribution in [1.29, 1.82) is 0 Å². The highest BCUT2D eigenvalue weighted by molar-refractivity contribution is 6.30. The molecule has 1 saturated heterocycles. The number of piperidine rings is 1. The third kappa shape index (κ3) is 6.74. The zero-order valence-electron chi connectivity index (χ0n) is 19.7. The van der Waals surface area contributed by atoms with E-state index in [4.69, 9.17) is 16.3 Å². The number of aromatic amines is 1. The van der Waals surface area contributed by atoms with E-state index in [9.17, 15) is 18.3 Å². The molecule has 2 aromatic carbocycles. The van der Waals surface area contributed by atoms with Crippen molar-refractivity contribution < 1.29 is 23.0 Å². The van der Waals surface area contributed by atoms with E-state index in [0.717, 1.165) is 37.7 Å². The van der Waals surface area contributed by atoms with Gasteiger partial charge in [-0.05, 0) is 74.8 Å². The van der Waals surface area contributed by atoms with Crippen molar-refractivity contribution in [3.63, 3.8) is 0 Å². The number of H-pyrrole nitrogens is 1. The molecule has 190 valence electrons. The Kier molecular flexibility index (Phi) is 8.44. The van der Waals surface area contributed by atoms with Crippen molar-refractivity contribution >= 4 is 11.6 Å². The van der Waals surface area contributed by atoms with Crippen LogP contribution in [0.4, 0.5) is 13.2 Å². The lowest BCUT2D eigenvalue weighted by Gasteiger charge is -2.25. The van der Waals surface area contributed by atoms with Crippen LogP contribution in [0.15, 0.2) is 42.5 Å². The van der Waals surface area contributed by atoms with Crippen molar-refractivity contribution in [2.75, 3.05) is 19.6 Å². The quantitative estimate of drug-likeness (QED) is 0.272. The second-order valence-corrected chi connectivity index (χ2v) is 9.16. The molecule has 1 fully saturated rings. The summed E-state index contributed by atoms with van der Waals surface area (Å²) in [6, 6.07) is 11.1. The number of rotatable bonds is 7. The Bertz CT molecular complexity index is 1220. The smallest absolute Gasteiger partial charge is 0.435 e. The van der Waals surface area contributed by atoms with Crippen molar-refractivity contribution in [2.24, 2.45) is 0 Å². The van der Waals surface area contributed by atoms with E-state index in [1.807, 2.05) is 12.1 Å². The van der Waals surface area contributed by atoms with E-state index < -0.39 is 11.9 Å². The lowest BCUT2D eigenvalue weighted by Crippen LogP contribution is -2.30. The second-order valence-electron chi connectivity index (χ2n) is 8.72. The summed E-state index contributed by atoms with van der Waals surface area (Å²) in [5.74, 6) is 6.17. The highest BCUT2D eigenvalue weighted by atomic mass is 35.5. The Hall–Kier alpha value is -3.15. The standard InChI is InChI=1S/C27H27ClF3N3O2/c28-20-10-8-19(9-11-20)18-36-24-13-12-21(23-17-25(33-32-23)27(29,30)31)26(35)22(24)7-3-1-4-14-34-15-5-2-6-16-34/h8-13,17,35H,1-2,4-6,14-16,18H2,(H,32,33). The molecule has 5 nitrogen and oxygen atoms in total. The molecule has 4 rings (SSSR count). The van der Waals surface area contributed by atoms with Crippen LogP contribution in [-0.2, 0) is 12.8 Å². The van der Waals surface area contributed by atoms with Crippen molar-refractivity contribution in [3.8, 4) is 34.6 Å². The predicted molar refractivity (Wildman–Crippen MR) is 133 cm³/mol. The van der Waals surface area contributed by atoms with Gasteiger partial charge in [-0.3, -0.25) is 5.10 Å². The number of phenols is 1. The van der Waals surface area contributed by atoms with E-state index in [0.29, 0.717) is 17.2 Å². The molecule has 1 aromatic heterocycles. The molecule has 0 atom stereocenters. The van der Waals surface area contributed by atoms with E-state index in [1.165, 1.54) is 25.3 Å². The van der Waals surface area contributed by atoms with Crippen LogP contribution in [0.25, 0.3) is 11.3 Å². The number of aromatic nitrogens is 2. The molecule has 0 amide bonds. The second kappa shape index (κ2) is 11.7. The summed E-state index contributed by atoms with van der Waals surface area (Å²) in [6.07, 6.45) is 0.659. The maximum atomic E-state index is 13.0. The number of nitrogens with one attached hydrogen (secondary N) is 1. The fourth-order valence-electron chi connectivity index (χ4n) is 4.10. The molecule has 0 bridgehead atoms. The minimum absolute atomic E-state index is 0.0391. The normalized spacial score (nSPS) is 14.3. The van der Waals surface area contributed by atoms with Gasteiger partial charge in [-0.2, -0.15) is 18.3 Å². The number of nitrogens with zero attached hydrogens (tertiary/aromatic N) is 2. The van der Waals surface area contributed by atoms with Gasteiger partial charge in [-0.25, -0.2) is 0 Å². The topological polar surface area (TPSA) is 61.4 Å². The van der Waals surface area contributed by atoms with Crippen LogP contribution in [0.1, 0.15) is 48.9 Å². The zero-order chi connectivity index (χ0) is 25.5. The third-order valence-corrected chi connectivity index (χ3v) is 6.30. The van der Waals surface area contributed by atoms with E-state index in [2.05, 4.69) is 26.9 Å². The van der Waals surface area contributed by atoms with Gasteiger partial charge in [0.2, 0.25) is 0 Å². The zero-order valence-corrected chi connectivity index (χ0v) is 20.4. The van der Waals surface area contributed by atoms with Gasteiger partial charge in [0.15, 0.2) is 5.69 Å². The van der Waals surface area contributed by atoms with Gasteiger partial charge in [0.25, 0.3) is 0 Å². The van der Waals surface area contributed by atoms with Crippen molar-refractivity contribution in [3.05, 3.63) is 64.3 Å². The number of halogens is 4. The SMILES string of the molecule is Oc1c(-c2cc(C(F)(F)F)n[nH]2)ccc(OCc2ccc(Cl)cc2)c1C#CCCCN1CCCCC1. The van der Waals surface area contributed by atoms with Crippen LogP contribution in [0.5, 0.6) is 11.5 Å².